The first-order chi connectivity index (χ1) is 15.0. The topological polar surface area (TPSA) is 96.1 Å². The van der Waals surface area contributed by atoms with Crippen molar-refractivity contribution in [1.29, 1.82) is 0 Å². The van der Waals surface area contributed by atoms with Gasteiger partial charge in [0.25, 0.3) is 0 Å². The highest BCUT2D eigenvalue weighted by Crippen LogP contribution is 2.33. The van der Waals surface area contributed by atoms with Crippen LogP contribution in [0.2, 0.25) is 0 Å². The summed E-state index contributed by atoms with van der Waals surface area (Å²) in [6.45, 7) is 6.17. The SMILES string of the molecule is Cc1nn(C2CCOCC2)cc1-c1cc2nn(C)cc2c(OC(C)[C@H]2CNC(=O)C2)n1. The van der Waals surface area contributed by atoms with Gasteiger partial charge in [-0.05, 0) is 32.8 Å². The van der Waals surface area contributed by atoms with E-state index in [1.165, 1.54) is 0 Å². The van der Waals surface area contributed by atoms with E-state index in [2.05, 4.69) is 21.3 Å². The van der Waals surface area contributed by atoms with Crippen LogP contribution in [0.5, 0.6) is 5.88 Å². The van der Waals surface area contributed by atoms with Gasteiger partial charge in [-0.2, -0.15) is 10.2 Å². The lowest BCUT2D eigenvalue weighted by atomic mass is 10.0. The fourth-order valence-corrected chi connectivity index (χ4v) is 4.44. The van der Waals surface area contributed by atoms with Crippen molar-refractivity contribution in [3.8, 4) is 17.1 Å². The van der Waals surface area contributed by atoms with Gasteiger partial charge in [-0.15, -0.1) is 0 Å². The van der Waals surface area contributed by atoms with Gasteiger partial charge in [-0.1, -0.05) is 0 Å². The summed E-state index contributed by atoms with van der Waals surface area (Å²) in [5.41, 5.74) is 3.53. The van der Waals surface area contributed by atoms with Crippen LogP contribution in [0.15, 0.2) is 18.5 Å². The molecule has 0 aliphatic carbocycles. The molecular formula is C22H28N6O3. The van der Waals surface area contributed by atoms with E-state index in [4.69, 9.17) is 19.6 Å². The number of carbonyl (C=O) groups excluding carboxylic acids is 1. The number of carbonyl (C=O) groups is 1. The number of amides is 1. The number of hydrogen-bond donors (Lipinski definition) is 1. The number of nitrogens with zero attached hydrogens (tertiary/aromatic N) is 5. The van der Waals surface area contributed by atoms with Gasteiger partial charge in [0.15, 0.2) is 0 Å². The van der Waals surface area contributed by atoms with Crippen LogP contribution in [0.25, 0.3) is 22.2 Å². The Bertz CT molecular complexity index is 1110. The van der Waals surface area contributed by atoms with E-state index in [1.807, 2.05) is 33.2 Å². The molecule has 31 heavy (non-hydrogen) atoms. The number of fused-ring (bicyclic) bond motifs is 1. The van der Waals surface area contributed by atoms with Gasteiger partial charge in [0.1, 0.15) is 6.10 Å². The molecule has 0 radical (unpaired) electrons. The molecule has 0 bridgehead atoms. The zero-order valence-electron chi connectivity index (χ0n) is 18.2. The molecule has 2 aliphatic rings. The van der Waals surface area contributed by atoms with Gasteiger partial charge < -0.3 is 14.8 Å². The molecule has 3 aromatic heterocycles. The Kier molecular flexibility index (Phi) is 5.13. The van der Waals surface area contributed by atoms with E-state index < -0.39 is 0 Å². The lowest BCUT2D eigenvalue weighted by molar-refractivity contribution is -0.119. The second kappa shape index (κ2) is 7.96. The van der Waals surface area contributed by atoms with Crippen LogP contribution in [0.3, 0.4) is 0 Å². The van der Waals surface area contributed by atoms with Gasteiger partial charge in [0.05, 0.1) is 28.3 Å². The number of hydrogen-bond acceptors (Lipinski definition) is 6. The van der Waals surface area contributed by atoms with Gasteiger partial charge in [0, 0.05) is 57.1 Å². The standard InChI is InChI=1S/C22H28N6O3/c1-13-17(12-28(25-13)16-4-6-30-7-5-16)19-9-20-18(11-27(3)26-20)22(24-19)31-14(2)15-8-21(29)23-10-15/h9,11-12,14-16H,4-8,10H2,1-3H3,(H,23,29)/t14?,15-/m1/s1. The first-order valence-electron chi connectivity index (χ1n) is 10.9. The summed E-state index contributed by atoms with van der Waals surface area (Å²) in [6.07, 6.45) is 6.27. The first kappa shape index (κ1) is 20.0. The fraction of sp³-hybridized carbons (Fsp3) is 0.545. The third kappa shape index (κ3) is 3.89. The molecule has 9 heteroatoms. The molecule has 2 aliphatic heterocycles. The van der Waals surface area contributed by atoms with Crippen molar-refractivity contribution in [3.63, 3.8) is 0 Å². The highest BCUT2D eigenvalue weighted by molar-refractivity contribution is 5.87. The molecule has 1 N–H and O–H groups in total. The number of ether oxygens (including phenoxy) is 2. The molecule has 0 spiro atoms. The quantitative estimate of drug-likeness (QED) is 0.676. The maximum atomic E-state index is 11.6. The third-order valence-corrected chi connectivity index (χ3v) is 6.31. The molecule has 3 aromatic rings. The molecule has 2 atom stereocenters. The molecule has 5 heterocycles. The molecule has 5 rings (SSSR count). The van der Waals surface area contributed by atoms with E-state index in [-0.39, 0.29) is 17.9 Å². The Morgan fingerprint density at radius 1 is 1.26 bits per heavy atom. The molecule has 2 saturated heterocycles. The summed E-state index contributed by atoms with van der Waals surface area (Å²) in [6, 6.07) is 2.34. The average molecular weight is 425 g/mol. The Morgan fingerprint density at radius 2 is 2.06 bits per heavy atom. The molecule has 164 valence electrons. The van der Waals surface area contributed by atoms with Crippen molar-refractivity contribution >= 4 is 16.8 Å². The highest BCUT2D eigenvalue weighted by Gasteiger charge is 2.29. The Hall–Kier alpha value is -2.94. The zero-order valence-corrected chi connectivity index (χ0v) is 18.2. The highest BCUT2D eigenvalue weighted by atomic mass is 16.5. The normalized spacial score (nSPS) is 20.9. The molecule has 9 nitrogen and oxygen atoms in total. The Balaban J connectivity index is 1.49. The van der Waals surface area contributed by atoms with Gasteiger partial charge >= 0.3 is 0 Å². The fourth-order valence-electron chi connectivity index (χ4n) is 4.44. The monoisotopic (exact) mass is 424 g/mol. The zero-order chi connectivity index (χ0) is 21.5. The van der Waals surface area contributed by atoms with Crippen molar-refractivity contribution in [1.82, 2.24) is 29.9 Å². The van der Waals surface area contributed by atoms with Crippen LogP contribution in [-0.4, -0.2) is 56.3 Å². The summed E-state index contributed by atoms with van der Waals surface area (Å²) in [5, 5.41) is 13.1. The minimum absolute atomic E-state index is 0.0739. The third-order valence-electron chi connectivity index (χ3n) is 6.31. The minimum atomic E-state index is -0.142. The van der Waals surface area contributed by atoms with Gasteiger partial charge in [-0.25, -0.2) is 4.98 Å². The smallest absolute Gasteiger partial charge is 0.225 e. The van der Waals surface area contributed by atoms with Crippen molar-refractivity contribution in [2.75, 3.05) is 19.8 Å². The van der Waals surface area contributed by atoms with Crippen LogP contribution >= 0.6 is 0 Å². The van der Waals surface area contributed by atoms with Crippen molar-refractivity contribution in [2.24, 2.45) is 13.0 Å². The number of rotatable bonds is 5. The second-order valence-electron chi connectivity index (χ2n) is 8.59. The molecule has 0 aromatic carbocycles. The molecule has 2 fully saturated rings. The molecule has 1 unspecified atom stereocenters. The summed E-state index contributed by atoms with van der Waals surface area (Å²) < 4.78 is 15.6. The van der Waals surface area contributed by atoms with E-state index in [1.54, 1.807) is 4.68 Å². The molecule has 1 amide bonds. The van der Waals surface area contributed by atoms with Crippen LogP contribution in [0, 0.1) is 12.8 Å². The summed E-state index contributed by atoms with van der Waals surface area (Å²) in [4.78, 5) is 16.5. The first-order valence-corrected chi connectivity index (χ1v) is 10.9. The lowest BCUT2D eigenvalue weighted by Crippen LogP contribution is -2.26. The number of nitrogens with one attached hydrogen (secondary N) is 1. The minimum Gasteiger partial charge on any atom is -0.474 e. The van der Waals surface area contributed by atoms with Crippen LogP contribution in [0.4, 0.5) is 0 Å². The predicted octanol–water partition coefficient (Wildman–Crippen LogP) is 2.40. The Labute approximate surface area is 180 Å². The van der Waals surface area contributed by atoms with E-state index in [0.29, 0.717) is 24.9 Å². The van der Waals surface area contributed by atoms with Gasteiger partial charge in [-0.3, -0.25) is 14.2 Å². The second-order valence-corrected chi connectivity index (χ2v) is 8.59. The largest absolute Gasteiger partial charge is 0.474 e. The van der Waals surface area contributed by atoms with Crippen LogP contribution in [0.1, 0.15) is 37.9 Å². The molecular weight excluding hydrogens is 396 g/mol. The van der Waals surface area contributed by atoms with Crippen molar-refractivity contribution in [2.45, 2.75) is 45.3 Å². The number of pyridine rings is 1. The lowest BCUT2D eigenvalue weighted by Gasteiger charge is -2.22. The van der Waals surface area contributed by atoms with Crippen LogP contribution in [-0.2, 0) is 16.6 Å². The summed E-state index contributed by atoms with van der Waals surface area (Å²) >= 11 is 0. The average Bonchev–Trinajstić information content (AvgIpc) is 3.46. The Morgan fingerprint density at radius 3 is 2.81 bits per heavy atom. The molecule has 0 saturated carbocycles. The number of aryl methyl sites for hydroxylation is 2. The van der Waals surface area contributed by atoms with Gasteiger partial charge in [0.2, 0.25) is 11.8 Å². The van der Waals surface area contributed by atoms with E-state index >= 15 is 0 Å². The summed E-state index contributed by atoms with van der Waals surface area (Å²) in [5.74, 6) is 0.748. The summed E-state index contributed by atoms with van der Waals surface area (Å²) in [7, 11) is 1.89. The maximum absolute atomic E-state index is 11.6. The van der Waals surface area contributed by atoms with Crippen molar-refractivity contribution < 1.29 is 14.3 Å². The predicted molar refractivity (Wildman–Crippen MR) is 115 cm³/mol. The maximum Gasteiger partial charge on any atom is 0.225 e. The van der Waals surface area contributed by atoms with E-state index in [0.717, 1.165) is 53.9 Å². The van der Waals surface area contributed by atoms with E-state index in [9.17, 15) is 4.79 Å². The number of aromatic nitrogens is 5. The van der Waals surface area contributed by atoms with Crippen LogP contribution < -0.4 is 10.1 Å². The van der Waals surface area contributed by atoms with Crippen molar-refractivity contribution in [3.05, 3.63) is 24.2 Å².